The van der Waals surface area contributed by atoms with Gasteiger partial charge in [-0.25, -0.2) is 14.4 Å². The third-order valence-corrected chi connectivity index (χ3v) is 3.98. The van der Waals surface area contributed by atoms with Gasteiger partial charge in [0.15, 0.2) is 0 Å². The molecule has 0 bridgehead atoms. The van der Waals surface area contributed by atoms with Crippen molar-refractivity contribution in [1.82, 2.24) is 0 Å². The first-order chi connectivity index (χ1) is 14.5. The van der Waals surface area contributed by atoms with E-state index >= 15 is 0 Å². The van der Waals surface area contributed by atoms with Crippen molar-refractivity contribution in [3.63, 3.8) is 0 Å². The zero-order valence-corrected chi connectivity index (χ0v) is 16.1. The summed E-state index contributed by atoms with van der Waals surface area (Å²) in [5.41, 5.74) is -0.508. The molecular formula is C22H18O8. The molecule has 0 atom stereocenters. The molecule has 0 aliphatic heterocycles. The fraction of sp³-hybridized carbons (Fsp3) is 0.182. The first-order valence-electron chi connectivity index (χ1n) is 9.10. The molecule has 0 fully saturated rings. The predicted octanol–water partition coefficient (Wildman–Crippen LogP) is 3.12. The lowest BCUT2D eigenvalue weighted by Crippen LogP contribution is -2.18. The molecule has 3 aromatic rings. The Morgan fingerprint density at radius 1 is 0.867 bits per heavy atom. The van der Waals surface area contributed by atoms with Crippen molar-refractivity contribution in [3.05, 3.63) is 76.1 Å². The van der Waals surface area contributed by atoms with Gasteiger partial charge in [-0.15, -0.1) is 0 Å². The van der Waals surface area contributed by atoms with Gasteiger partial charge in [0, 0.05) is 18.7 Å². The average molecular weight is 410 g/mol. The largest absolute Gasteiger partial charge is 0.462 e. The molecular weight excluding hydrogens is 392 g/mol. The number of rotatable bonds is 7. The molecule has 8 nitrogen and oxygen atoms in total. The summed E-state index contributed by atoms with van der Waals surface area (Å²) in [5.74, 6) is -1.95. The van der Waals surface area contributed by atoms with Gasteiger partial charge < -0.3 is 18.6 Å². The van der Waals surface area contributed by atoms with Gasteiger partial charge in [0.1, 0.15) is 22.5 Å². The standard InChI is InChI=1S/C22H18O8/c1-14(23)29-19-10-5-3-8-16(19)20(24)27-11-6-12-28-21(25)17-13-15-7-2-4-9-18(15)30-22(17)26/h2-5,7-10,13H,6,11-12H2,1H3. The highest BCUT2D eigenvalue weighted by molar-refractivity contribution is 5.93. The van der Waals surface area contributed by atoms with Crippen LogP contribution < -0.4 is 10.4 Å². The van der Waals surface area contributed by atoms with Crippen LogP contribution in [0, 0.1) is 0 Å². The molecule has 1 heterocycles. The Labute approximate surface area is 171 Å². The quantitative estimate of drug-likeness (QED) is 0.253. The Hall–Kier alpha value is -3.94. The second-order valence-electron chi connectivity index (χ2n) is 6.20. The smallest absolute Gasteiger partial charge is 0.351 e. The Balaban J connectivity index is 1.50. The molecule has 0 aliphatic carbocycles. The van der Waals surface area contributed by atoms with Crippen molar-refractivity contribution in [1.29, 1.82) is 0 Å². The van der Waals surface area contributed by atoms with E-state index in [-0.39, 0.29) is 36.5 Å². The topological polar surface area (TPSA) is 109 Å². The van der Waals surface area contributed by atoms with Gasteiger partial charge in [-0.2, -0.15) is 0 Å². The Bertz CT molecular complexity index is 1150. The van der Waals surface area contributed by atoms with Gasteiger partial charge in [0.2, 0.25) is 0 Å². The summed E-state index contributed by atoms with van der Waals surface area (Å²) in [6.07, 6.45) is 0.214. The predicted molar refractivity (Wildman–Crippen MR) is 105 cm³/mol. The highest BCUT2D eigenvalue weighted by atomic mass is 16.6. The maximum absolute atomic E-state index is 12.2. The monoisotopic (exact) mass is 410 g/mol. The number of fused-ring (bicyclic) bond motifs is 1. The number of ether oxygens (including phenoxy) is 3. The van der Waals surface area contributed by atoms with Crippen molar-refractivity contribution < 1.29 is 33.0 Å². The summed E-state index contributed by atoms with van der Waals surface area (Å²) in [6.45, 7) is 1.13. The third-order valence-electron chi connectivity index (χ3n) is 3.98. The molecule has 0 radical (unpaired) electrons. The maximum Gasteiger partial charge on any atom is 0.351 e. The highest BCUT2D eigenvalue weighted by Crippen LogP contribution is 2.19. The van der Waals surface area contributed by atoms with E-state index in [1.165, 1.54) is 25.1 Å². The summed E-state index contributed by atoms with van der Waals surface area (Å²) in [5, 5.41) is 0.601. The van der Waals surface area contributed by atoms with Crippen LogP contribution in [0.15, 0.2) is 63.8 Å². The SMILES string of the molecule is CC(=O)Oc1ccccc1C(=O)OCCCOC(=O)c1cc2ccccc2oc1=O. The minimum absolute atomic E-state index is 0.0349. The van der Waals surface area contributed by atoms with Crippen LogP contribution in [0.25, 0.3) is 11.0 Å². The lowest BCUT2D eigenvalue weighted by atomic mass is 10.2. The minimum Gasteiger partial charge on any atom is -0.462 e. The van der Waals surface area contributed by atoms with Gasteiger partial charge >= 0.3 is 23.5 Å². The molecule has 0 unspecified atom stereocenters. The summed E-state index contributed by atoms with van der Waals surface area (Å²) in [6, 6.07) is 14.4. The normalized spacial score (nSPS) is 10.4. The molecule has 0 aliphatic rings. The van der Waals surface area contributed by atoms with Gasteiger partial charge in [-0.1, -0.05) is 30.3 Å². The van der Waals surface area contributed by atoms with Crippen molar-refractivity contribution in [3.8, 4) is 5.75 Å². The van der Waals surface area contributed by atoms with Crippen LogP contribution in [-0.2, 0) is 14.3 Å². The zero-order chi connectivity index (χ0) is 21.5. The Morgan fingerprint density at radius 3 is 2.23 bits per heavy atom. The first-order valence-corrected chi connectivity index (χ1v) is 9.10. The van der Waals surface area contributed by atoms with E-state index in [2.05, 4.69) is 0 Å². The number of carbonyl (C=O) groups is 3. The van der Waals surface area contributed by atoms with Crippen LogP contribution in [-0.4, -0.2) is 31.1 Å². The third kappa shape index (κ3) is 5.11. The number of benzene rings is 2. The van der Waals surface area contributed by atoms with Crippen LogP contribution in [0.3, 0.4) is 0 Å². The second kappa shape index (κ2) is 9.51. The molecule has 154 valence electrons. The van der Waals surface area contributed by atoms with E-state index in [0.717, 1.165) is 0 Å². The molecule has 1 aromatic heterocycles. The Morgan fingerprint density at radius 2 is 1.50 bits per heavy atom. The average Bonchev–Trinajstić information content (AvgIpc) is 2.72. The van der Waals surface area contributed by atoms with Gasteiger partial charge in [0.05, 0.1) is 13.2 Å². The van der Waals surface area contributed by atoms with Crippen LogP contribution >= 0.6 is 0 Å². The van der Waals surface area contributed by atoms with Crippen LogP contribution in [0.2, 0.25) is 0 Å². The molecule has 0 saturated carbocycles. The van der Waals surface area contributed by atoms with Crippen molar-refractivity contribution in [2.75, 3.05) is 13.2 Å². The summed E-state index contributed by atoms with van der Waals surface area (Å²) < 4.78 is 20.2. The maximum atomic E-state index is 12.2. The molecule has 0 saturated heterocycles. The van der Waals surface area contributed by atoms with E-state index in [4.69, 9.17) is 18.6 Å². The molecule has 0 amide bonds. The van der Waals surface area contributed by atoms with E-state index in [9.17, 15) is 19.2 Å². The first kappa shape index (κ1) is 20.8. The lowest BCUT2D eigenvalue weighted by Gasteiger charge is -2.09. The summed E-state index contributed by atoms with van der Waals surface area (Å²) in [7, 11) is 0. The van der Waals surface area contributed by atoms with E-state index < -0.39 is 23.5 Å². The van der Waals surface area contributed by atoms with Crippen LogP contribution in [0.4, 0.5) is 0 Å². The minimum atomic E-state index is -0.818. The van der Waals surface area contributed by atoms with Crippen molar-refractivity contribution >= 4 is 28.9 Å². The molecule has 0 N–H and O–H groups in total. The number of hydrogen-bond donors (Lipinski definition) is 0. The Kier molecular flexibility index (Phi) is 6.59. The zero-order valence-electron chi connectivity index (χ0n) is 16.1. The van der Waals surface area contributed by atoms with E-state index in [1.807, 2.05) is 0 Å². The lowest BCUT2D eigenvalue weighted by molar-refractivity contribution is -0.131. The molecule has 0 spiro atoms. The summed E-state index contributed by atoms with van der Waals surface area (Å²) >= 11 is 0. The van der Waals surface area contributed by atoms with E-state index in [1.54, 1.807) is 36.4 Å². The second-order valence-corrected chi connectivity index (χ2v) is 6.20. The highest BCUT2D eigenvalue weighted by Gasteiger charge is 2.16. The molecule has 8 heteroatoms. The van der Waals surface area contributed by atoms with Crippen molar-refractivity contribution in [2.24, 2.45) is 0 Å². The fourth-order valence-electron chi connectivity index (χ4n) is 2.63. The van der Waals surface area contributed by atoms with Gasteiger partial charge in [0.25, 0.3) is 0 Å². The molecule has 3 rings (SSSR count). The molecule has 30 heavy (non-hydrogen) atoms. The summed E-state index contributed by atoms with van der Waals surface area (Å²) in [4.78, 5) is 47.4. The van der Waals surface area contributed by atoms with Crippen LogP contribution in [0.1, 0.15) is 34.1 Å². The number of carbonyl (C=O) groups excluding carboxylic acids is 3. The van der Waals surface area contributed by atoms with Gasteiger partial charge in [-0.05, 0) is 24.3 Å². The van der Waals surface area contributed by atoms with Gasteiger partial charge in [-0.3, -0.25) is 4.79 Å². The number of para-hydroxylation sites is 2. The molecule has 2 aromatic carbocycles. The number of hydrogen-bond acceptors (Lipinski definition) is 8. The fourth-order valence-corrected chi connectivity index (χ4v) is 2.63. The number of esters is 3. The van der Waals surface area contributed by atoms with E-state index in [0.29, 0.717) is 11.0 Å². The van der Waals surface area contributed by atoms with Crippen molar-refractivity contribution in [2.45, 2.75) is 13.3 Å². The van der Waals surface area contributed by atoms with Crippen LogP contribution in [0.5, 0.6) is 5.75 Å².